The lowest BCUT2D eigenvalue weighted by molar-refractivity contribution is 0.120. The number of halogens is 1. The average Bonchev–Trinajstić information content (AvgIpc) is 3.17. The van der Waals surface area contributed by atoms with E-state index in [1.807, 2.05) is 0 Å². The smallest absolute Gasteiger partial charge is 0.191 e. The number of benzene rings is 1. The molecule has 1 heterocycles. The molecule has 26 heavy (non-hydrogen) atoms. The van der Waals surface area contributed by atoms with E-state index in [0.717, 1.165) is 51.3 Å². The first kappa shape index (κ1) is 21.0. The van der Waals surface area contributed by atoms with E-state index in [1.165, 1.54) is 11.3 Å². The summed E-state index contributed by atoms with van der Waals surface area (Å²) in [7, 11) is 0. The quantitative estimate of drug-likeness (QED) is 0.268. The van der Waals surface area contributed by atoms with Crippen molar-refractivity contribution in [1.29, 1.82) is 0 Å². The van der Waals surface area contributed by atoms with Crippen molar-refractivity contribution in [2.45, 2.75) is 51.3 Å². The second-order valence-corrected chi connectivity index (χ2v) is 6.89. The number of aliphatic hydroxyl groups is 1. The molecule has 5 nitrogen and oxygen atoms in total. The van der Waals surface area contributed by atoms with Crippen LogP contribution in [-0.2, 0) is 6.54 Å². The summed E-state index contributed by atoms with van der Waals surface area (Å²) in [5.74, 6) is 0.872. The van der Waals surface area contributed by atoms with E-state index < -0.39 is 0 Å². The molecule has 3 rings (SSSR count). The number of guanidine groups is 1. The van der Waals surface area contributed by atoms with Crippen LogP contribution in [0.15, 0.2) is 41.4 Å². The van der Waals surface area contributed by atoms with E-state index in [4.69, 9.17) is 4.99 Å². The van der Waals surface area contributed by atoms with Crippen molar-refractivity contribution in [2.75, 3.05) is 24.5 Å². The van der Waals surface area contributed by atoms with Crippen molar-refractivity contribution in [3.05, 3.63) is 42.0 Å². The fraction of sp³-hybridized carbons (Fsp3) is 0.550. The molecule has 2 aliphatic rings. The van der Waals surface area contributed by atoms with Crippen LogP contribution in [0.2, 0.25) is 0 Å². The van der Waals surface area contributed by atoms with Gasteiger partial charge in [-0.2, -0.15) is 0 Å². The van der Waals surface area contributed by atoms with Gasteiger partial charge in [-0.25, -0.2) is 4.99 Å². The van der Waals surface area contributed by atoms with Crippen molar-refractivity contribution in [2.24, 2.45) is 4.99 Å². The third-order valence-electron chi connectivity index (χ3n) is 4.90. The number of aliphatic hydroxyl groups excluding tert-OH is 1. The van der Waals surface area contributed by atoms with Crippen LogP contribution in [0.1, 0.15) is 38.2 Å². The lowest BCUT2D eigenvalue weighted by atomic mass is 9.93. The largest absolute Gasteiger partial charge is 0.393 e. The predicted molar refractivity (Wildman–Crippen MR) is 119 cm³/mol. The van der Waals surface area contributed by atoms with E-state index in [9.17, 15) is 5.11 Å². The Hall–Kier alpha value is -1.28. The topological polar surface area (TPSA) is 59.9 Å². The summed E-state index contributed by atoms with van der Waals surface area (Å²) in [6.07, 6.45) is 8.05. The molecule has 1 aromatic carbocycles. The first-order valence-corrected chi connectivity index (χ1v) is 9.46. The minimum Gasteiger partial charge on any atom is -0.393 e. The van der Waals surface area contributed by atoms with Crippen molar-refractivity contribution in [1.82, 2.24) is 10.6 Å². The highest BCUT2D eigenvalue weighted by Gasteiger charge is 2.19. The van der Waals surface area contributed by atoms with Gasteiger partial charge in [0.05, 0.1) is 12.6 Å². The molecule has 0 unspecified atom stereocenters. The molecule has 0 atom stereocenters. The number of hydrogen-bond acceptors (Lipinski definition) is 3. The first-order valence-electron chi connectivity index (χ1n) is 9.46. The van der Waals surface area contributed by atoms with Crippen molar-refractivity contribution >= 4 is 35.6 Å². The Labute approximate surface area is 174 Å². The van der Waals surface area contributed by atoms with E-state index in [0.29, 0.717) is 12.6 Å². The van der Waals surface area contributed by atoms with Crippen LogP contribution in [0.25, 0.3) is 0 Å². The normalized spacial score (nSPS) is 22.8. The maximum absolute atomic E-state index is 9.65. The molecule has 1 fully saturated rings. The Balaban J connectivity index is 0.00000243. The third kappa shape index (κ3) is 6.16. The highest BCUT2D eigenvalue weighted by Crippen LogP contribution is 2.20. The van der Waals surface area contributed by atoms with Crippen LogP contribution in [-0.4, -0.2) is 42.8 Å². The molecule has 0 bridgehead atoms. The molecule has 0 radical (unpaired) electrons. The monoisotopic (exact) mass is 470 g/mol. The van der Waals surface area contributed by atoms with Gasteiger partial charge in [0.2, 0.25) is 0 Å². The average molecular weight is 470 g/mol. The van der Waals surface area contributed by atoms with E-state index in [2.05, 4.69) is 58.9 Å². The summed E-state index contributed by atoms with van der Waals surface area (Å²) in [5, 5.41) is 16.5. The SMILES string of the molecule is CCNC(=NCc1cccc(N2CC=CC2)c1)NC1CCC(O)CC1.I. The Bertz CT molecular complexity index is 604. The van der Waals surface area contributed by atoms with Gasteiger partial charge in [0, 0.05) is 31.4 Å². The molecule has 1 saturated carbocycles. The van der Waals surface area contributed by atoms with Crippen LogP contribution in [0, 0.1) is 0 Å². The molecule has 1 aliphatic carbocycles. The number of aliphatic imine (C=N–C) groups is 1. The van der Waals surface area contributed by atoms with Gasteiger partial charge in [-0.15, -0.1) is 24.0 Å². The lowest BCUT2D eigenvalue weighted by Gasteiger charge is -2.27. The van der Waals surface area contributed by atoms with Gasteiger partial charge in [0.1, 0.15) is 0 Å². The van der Waals surface area contributed by atoms with Crippen LogP contribution in [0.4, 0.5) is 5.69 Å². The summed E-state index contributed by atoms with van der Waals surface area (Å²) in [4.78, 5) is 7.11. The number of anilines is 1. The van der Waals surface area contributed by atoms with Gasteiger partial charge in [-0.05, 0) is 50.3 Å². The summed E-state index contributed by atoms with van der Waals surface area (Å²) >= 11 is 0. The number of nitrogens with zero attached hydrogens (tertiary/aromatic N) is 2. The van der Waals surface area contributed by atoms with Gasteiger partial charge >= 0.3 is 0 Å². The fourth-order valence-corrected chi connectivity index (χ4v) is 3.44. The van der Waals surface area contributed by atoms with Gasteiger partial charge in [0.15, 0.2) is 5.96 Å². The number of nitrogens with one attached hydrogen (secondary N) is 2. The molecule has 0 aromatic heterocycles. The van der Waals surface area contributed by atoms with Gasteiger partial charge in [-0.1, -0.05) is 24.3 Å². The molecular formula is C20H31IN4O. The third-order valence-corrected chi connectivity index (χ3v) is 4.90. The summed E-state index contributed by atoms with van der Waals surface area (Å²) in [6.45, 7) is 5.58. The van der Waals surface area contributed by atoms with Crippen molar-refractivity contribution in [3.8, 4) is 0 Å². The minimum atomic E-state index is -0.125. The van der Waals surface area contributed by atoms with Crippen LogP contribution in [0.5, 0.6) is 0 Å². The standard InChI is InChI=1S/C20H30N4O.HI/c1-2-21-20(23-17-8-10-19(25)11-9-17)22-15-16-6-5-7-18(14-16)24-12-3-4-13-24;/h3-7,14,17,19,25H,2,8-13,15H2,1H3,(H2,21,22,23);1H. The second-order valence-electron chi connectivity index (χ2n) is 6.89. The van der Waals surface area contributed by atoms with Gasteiger partial charge < -0.3 is 20.6 Å². The molecule has 1 aromatic rings. The maximum atomic E-state index is 9.65. The highest BCUT2D eigenvalue weighted by molar-refractivity contribution is 14.0. The Morgan fingerprint density at radius 3 is 2.62 bits per heavy atom. The van der Waals surface area contributed by atoms with E-state index in [-0.39, 0.29) is 30.1 Å². The van der Waals surface area contributed by atoms with Crippen LogP contribution < -0.4 is 15.5 Å². The van der Waals surface area contributed by atoms with E-state index >= 15 is 0 Å². The summed E-state index contributed by atoms with van der Waals surface area (Å²) in [5.41, 5.74) is 2.48. The second kappa shape index (κ2) is 10.8. The Kier molecular flexibility index (Phi) is 8.71. The van der Waals surface area contributed by atoms with Crippen molar-refractivity contribution < 1.29 is 5.11 Å². The summed E-state index contributed by atoms with van der Waals surface area (Å²) in [6, 6.07) is 9.05. The minimum absolute atomic E-state index is 0. The van der Waals surface area contributed by atoms with Gasteiger partial charge in [-0.3, -0.25) is 0 Å². The highest BCUT2D eigenvalue weighted by atomic mass is 127. The van der Waals surface area contributed by atoms with Crippen molar-refractivity contribution in [3.63, 3.8) is 0 Å². The Morgan fingerprint density at radius 1 is 1.19 bits per heavy atom. The lowest BCUT2D eigenvalue weighted by Crippen LogP contribution is -2.45. The molecule has 0 spiro atoms. The van der Waals surface area contributed by atoms with Crippen LogP contribution >= 0.6 is 24.0 Å². The molecule has 0 amide bonds. The Morgan fingerprint density at radius 2 is 1.92 bits per heavy atom. The molecular weight excluding hydrogens is 439 g/mol. The maximum Gasteiger partial charge on any atom is 0.191 e. The predicted octanol–water partition coefficient (Wildman–Crippen LogP) is 3.04. The molecule has 144 valence electrons. The van der Waals surface area contributed by atoms with Gasteiger partial charge in [0.25, 0.3) is 0 Å². The zero-order valence-electron chi connectivity index (χ0n) is 15.5. The van der Waals surface area contributed by atoms with Crippen LogP contribution in [0.3, 0.4) is 0 Å². The zero-order valence-corrected chi connectivity index (χ0v) is 17.9. The number of hydrogen-bond donors (Lipinski definition) is 3. The summed E-state index contributed by atoms with van der Waals surface area (Å²) < 4.78 is 0. The van der Waals surface area contributed by atoms with E-state index in [1.54, 1.807) is 0 Å². The molecule has 0 saturated heterocycles. The first-order chi connectivity index (χ1) is 12.2. The zero-order chi connectivity index (χ0) is 17.5. The molecule has 6 heteroatoms. The molecule has 3 N–H and O–H groups in total. The number of rotatable bonds is 5. The molecule has 1 aliphatic heterocycles. The fourth-order valence-electron chi connectivity index (χ4n) is 3.44.